The van der Waals surface area contributed by atoms with Crippen molar-refractivity contribution in [3.8, 4) is 0 Å². The molecule has 1 aromatic heterocycles. The number of rotatable bonds is 2. The summed E-state index contributed by atoms with van der Waals surface area (Å²) in [6, 6.07) is 12.8. The van der Waals surface area contributed by atoms with Crippen LogP contribution in [0.5, 0.6) is 0 Å². The van der Waals surface area contributed by atoms with Gasteiger partial charge >= 0.3 is 0 Å². The molecule has 2 aromatic carbocycles. The molecule has 0 spiro atoms. The highest BCUT2D eigenvalue weighted by molar-refractivity contribution is 6.04. The highest BCUT2D eigenvalue weighted by atomic mass is 16.3. The zero-order valence-electron chi connectivity index (χ0n) is 11.9. The van der Waals surface area contributed by atoms with Crippen molar-refractivity contribution in [2.24, 2.45) is 0 Å². The first-order valence-electron chi connectivity index (χ1n) is 6.70. The van der Waals surface area contributed by atoms with Gasteiger partial charge in [0, 0.05) is 16.8 Å². The third-order valence-corrected chi connectivity index (χ3v) is 3.53. The first-order valence-corrected chi connectivity index (χ1v) is 6.70. The third kappa shape index (κ3) is 2.60. The smallest absolute Gasteiger partial charge is 0.291 e. The van der Waals surface area contributed by atoms with E-state index in [2.05, 4.69) is 5.32 Å². The van der Waals surface area contributed by atoms with Gasteiger partial charge < -0.3 is 15.5 Å². The van der Waals surface area contributed by atoms with E-state index in [1.165, 1.54) is 5.56 Å². The molecule has 1 amide bonds. The highest BCUT2D eigenvalue weighted by Crippen LogP contribution is 2.23. The van der Waals surface area contributed by atoms with Gasteiger partial charge in [-0.1, -0.05) is 6.07 Å². The number of carbonyl (C=O) groups is 1. The van der Waals surface area contributed by atoms with Crippen LogP contribution in [0.3, 0.4) is 0 Å². The quantitative estimate of drug-likeness (QED) is 0.700. The second-order valence-electron chi connectivity index (χ2n) is 5.16. The Morgan fingerprint density at radius 3 is 2.62 bits per heavy atom. The van der Waals surface area contributed by atoms with E-state index in [9.17, 15) is 4.79 Å². The van der Waals surface area contributed by atoms with Crippen LogP contribution in [0.25, 0.3) is 11.0 Å². The second kappa shape index (κ2) is 4.98. The lowest BCUT2D eigenvalue weighted by Gasteiger charge is -2.06. The largest absolute Gasteiger partial charge is 0.451 e. The summed E-state index contributed by atoms with van der Waals surface area (Å²) < 4.78 is 5.54. The highest BCUT2D eigenvalue weighted by Gasteiger charge is 2.13. The van der Waals surface area contributed by atoms with E-state index in [1.54, 1.807) is 24.3 Å². The molecule has 0 saturated heterocycles. The van der Waals surface area contributed by atoms with Crippen LogP contribution in [0.2, 0.25) is 0 Å². The maximum absolute atomic E-state index is 12.2. The lowest BCUT2D eigenvalue weighted by Crippen LogP contribution is -2.10. The Bertz CT molecular complexity index is 834. The lowest BCUT2D eigenvalue weighted by atomic mass is 10.1. The summed E-state index contributed by atoms with van der Waals surface area (Å²) in [6.45, 7) is 4.04. The minimum absolute atomic E-state index is 0.270. The molecule has 4 heteroatoms. The Morgan fingerprint density at radius 2 is 1.86 bits per heavy atom. The molecule has 3 aromatic rings. The standard InChI is InChI=1S/C17H16N2O2/c1-10-3-5-14(7-11(10)2)19-17(20)16-9-12-8-13(18)4-6-15(12)21-16/h3-9H,18H2,1-2H3,(H,19,20). The summed E-state index contributed by atoms with van der Waals surface area (Å²) in [5.74, 6) is 0.00172. The van der Waals surface area contributed by atoms with Gasteiger partial charge in [-0.2, -0.15) is 0 Å². The van der Waals surface area contributed by atoms with E-state index < -0.39 is 0 Å². The fourth-order valence-corrected chi connectivity index (χ4v) is 2.19. The van der Waals surface area contributed by atoms with Crippen molar-refractivity contribution in [1.82, 2.24) is 0 Å². The minimum atomic E-state index is -0.270. The number of nitrogens with two attached hydrogens (primary N) is 1. The monoisotopic (exact) mass is 280 g/mol. The second-order valence-corrected chi connectivity index (χ2v) is 5.16. The molecule has 106 valence electrons. The molecule has 0 aliphatic rings. The maximum atomic E-state index is 12.2. The Labute approximate surface area is 122 Å². The summed E-state index contributed by atoms with van der Waals surface area (Å²) in [5, 5.41) is 3.66. The molecular formula is C17H16N2O2. The van der Waals surface area contributed by atoms with Crippen LogP contribution >= 0.6 is 0 Å². The first kappa shape index (κ1) is 13.2. The topological polar surface area (TPSA) is 68.3 Å². The fraction of sp³-hybridized carbons (Fsp3) is 0.118. The predicted octanol–water partition coefficient (Wildman–Crippen LogP) is 3.88. The molecule has 0 radical (unpaired) electrons. The van der Waals surface area contributed by atoms with Crippen molar-refractivity contribution < 1.29 is 9.21 Å². The molecule has 0 aliphatic heterocycles. The number of hydrogen-bond acceptors (Lipinski definition) is 3. The number of fused-ring (bicyclic) bond motifs is 1. The molecule has 0 saturated carbocycles. The molecule has 3 rings (SSSR count). The van der Waals surface area contributed by atoms with Crippen molar-refractivity contribution in [1.29, 1.82) is 0 Å². The minimum Gasteiger partial charge on any atom is -0.451 e. The SMILES string of the molecule is Cc1ccc(NC(=O)c2cc3cc(N)ccc3o2)cc1C. The van der Waals surface area contributed by atoms with E-state index in [0.717, 1.165) is 16.6 Å². The van der Waals surface area contributed by atoms with Gasteiger partial charge in [-0.05, 0) is 61.4 Å². The van der Waals surface area contributed by atoms with Gasteiger partial charge in [0.25, 0.3) is 5.91 Å². The number of hydrogen-bond donors (Lipinski definition) is 2. The van der Waals surface area contributed by atoms with Crippen molar-refractivity contribution in [2.45, 2.75) is 13.8 Å². The molecule has 21 heavy (non-hydrogen) atoms. The fourth-order valence-electron chi connectivity index (χ4n) is 2.19. The first-order chi connectivity index (χ1) is 10.0. The third-order valence-electron chi connectivity index (χ3n) is 3.53. The molecule has 0 fully saturated rings. The number of carbonyl (C=O) groups excluding carboxylic acids is 1. The number of anilines is 2. The van der Waals surface area contributed by atoms with E-state index in [4.69, 9.17) is 10.2 Å². The van der Waals surface area contributed by atoms with Crippen LogP contribution in [-0.2, 0) is 0 Å². The van der Waals surface area contributed by atoms with Gasteiger partial charge in [0.1, 0.15) is 5.58 Å². The Hall–Kier alpha value is -2.75. The molecular weight excluding hydrogens is 264 g/mol. The maximum Gasteiger partial charge on any atom is 0.291 e. The molecule has 3 N–H and O–H groups in total. The van der Waals surface area contributed by atoms with E-state index >= 15 is 0 Å². The normalized spacial score (nSPS) is 10.8. The zero-order chi connectivity index (χ0) is 15.0. The Balaban J connectivity index is 1.87. The average Bonchev–Trinajstić information content (AvgIpc) is 2.86. The van der Waals surface area contributed by atoms with Crippen LogP contribution in [0.15, 0.2) is 46.9 Å². The summed E-state index contributed by atoms with van der Waals surface area (Å²) in [5.41, 5.74) is 10.1. The van der Waals surface area contributed by atoms with Crippen LogP contribution in [0.4, 0.5) is 11.4 Å². The molecule has 1 heterocycles. The average molecular weight is 280 g/mol. The van der Waals surface area contributed by atoms with Crippen LogP contribution < -0.4 is 11.1 Å². The van der Waals surface area contributed by atoms with Gasteiger partial charge in [0.2, 0.25) is 0 Å². The summed E-state index contributed by atoms with van der Waals surface area (Å²) in [4.78, 5) is 12.2. The van der Waals surface area contributed by atoms with Crippen LogP contribution in [0.1, 0.15) is 21.7 Å². The molecule has 0 atom stereocenters. The summed E-state index contributed by atoms with van der Waals surface area (Å²) in [6.07, 6.45) is 0. The van der Waals surface area contributed by atoms with Crippen LogP contribution in [0, 0.1) is 13.8 Å². The molecule has 0 aliphatic carbocycles. The van der Waals surface area contributed by atoms with Gasteiger partial charge in [0.15, 0.2) is 5.76 Å². The molecule has 4 nitrogen and oxygen atoms in total. The number of nitrogen functional groups attached to an aromatic ring is 1. The van der Waals surface area contributed by atoms with E-state index in [-0.39, 0.29) is 11.7 Å². The van der Waals surface area contributed by atoms with Crippen molar-refractivity contribution in [2.75, 3.05) is 11.1 Å². The lowest BCUT2D eigenvalue weighted by molar-refractivity contribution is 0.0998. The van der Waals surface area contributed by atoms with E-state index in [1.807, 2.05) is 32.0 Å². The number of nitrogens with one attached hydrogen (secondary N) is 1. The van der Waals surface area contributed by atoms with Crippen molar-refractivity contribution >= 4 is 28.3 Å². The van der Waals surface area contributed by atoms with Gasteiger partial charge in [-0.25, -0.2) is 0 Å². The summed E-state index contributed by atoms with van der Waals surface area (Å²) in [7, 11) is 0. The number of furan rings is 1. The predicted molar refractivity (Wildman–Crippen MR) is 84.5 cm³/mol. The van der Waals surface area contributed by atoms with Crippen molar-refractivity contribution in [3.63, 3.8) is 0 Å². The van der Waals surface area contributed by atoms with Gasteiger partial charge in [-0.15, -0.1) is 0 Å². The number of amides is 1. The van der Waals surface area contributed by atoms with Crippen molar-refractivity contribution in [3.05, 3.63) is 59.4 Å². The number of benzene rings is 2. The summed E-state index contributed by atoms with van der Waals surface area (Å²) >= 11 is 0. The van der Waals surface area contributed by atoms with Gasteiger partial charge in [0.05, 0.1) is 0 Å². The van der Waals surface area contributed by atoms with Crippen LogP contribution in [-0.4, -0.2) is 5.91 Å². The molecule has 0 unspecified atom stereocenters. The zero-order valence-corrected chi connectivity index (χ0v) is 11.9. The number of aryl methyl sites for hydroxylation is 2. The van der Waals surface area contributed by atoms with Gasteiger partial charge in [-0.3, -0.25) is 4.79 Å². The van der Waals surface area contributed by atoms with E-state index in [0.29, 0.717) is 11.3 Å². The molecule has 0 bridgehead atoms. The Morgan fingerprint density at radius 1 is 1.05 bits per heavy atom. The Kier molecular flexibility index (Phi) is 3.14.